The van der Waals surface area contributed by atoms with Crippen LogP contribution in [0.3, 0.4) is 0 Å². The fourth-order valence-electron chi connectivity index (χ4n) is 1.92. The molecule has 1 unspecified atom stereocenters. The van der Waals surface area contributed by atoms with Gasteiger partial charge >= 0.3 is 51.4 Å². The first-order valence-electron chi connectivity index (χ1n) is 6.62. The van der Waals surface area contributed by atoms with E-state index >= 15 is 0 Å². The van der Waals surface area contributed by atoms with Gasteiger partial charge in [0.2, 0.25) is 0 Å². The quantitative estimate of drug-likeness (QED) is 0.468. The fraction of sp³-hybridized carbons (Fsp3) is 0.471. The second-order valence-electron chi connectivity index (χ2n) is 4.78. The monoisotopic (exact) mass is 301 g/mol. The standard InChI is InChI=1S/C16H23O2.CH3.K/c1-6-13-8-9-15(10-14(13)7-2)12(5)18-16(17)11(3)4;;/h8-10,12H,6-7H2,1-5H3;1H3;/q2*-1;+1. The van der Waals surface area contributed by atoms with Crippen molar-refractivity contribution < 1.29 is 60.9 Å². The van der Waals surface area contributed by atoms with Crippen LogP contribution < -0.4 is 51.4 Å². The van der Waals surface area contributed by atoms with Gasteiger partial charge in [-0.1, -0.05) is 32.0 Å². The molecular weight excluding hydrogens is 275 g/mol. The van der Waals surface area contributed by atoms with Crippen LogP contribution in [0.5, 0.6) is 0 Å². The number of benzene rings is 1. The van der Waals surface area contributed by atoms with E-state index < -0.39 is 0 Å². The van der Waals surface area contributed by atoms with Crippen molar-refractivity contribution in [1.82, 2.24) is 0 Å². The average Bonchev–Trinajstić information content (AvgIpc) is 2.37. The minimum Gasteiger partial charge on any atom is -0.480 e. The molecule has 0 saturated carbocycles. The first kappa shape index (κ1) is 22.5. The van der Waals surface area contributed by atoms with Gasteiger partial charge in [0.05, 0.1) is 0 Å². The van der Waals surface area contributed by atoms with E-state index in [1.54, 1.807) is 13.8 Å². The van der Waals surface area contributed by atoms with Crippen molar-refractivity contribution in [2.45, 2.75) is 53.6 Å². The molecule has 0 aliphatic carbocycles. The zero-order valence-corrected chi connectivity index (χ0v) is 17.2. The molecule has 0 aliphatic heterocycles. The number of hydrogen-bond donors (Lipinski definition) is 0. The molecule has 3 heteroatoms. The van der Waals surface area contributed by atoms with Crippen molar-refractivity contribution in [2.75, 3.05) is 0 Å². The van der Waals surface area contributed by atoms with Crippen molar-refractivity contribution in [1.29, 1.82) is 0 Å². The maximum Gasteiger partial charge on any atom is 1.00 e. The van der Waals surface area contributed by atoms with Crippen molar-refractivity contribution in [3.8, 4) is 0 Å². The van der Waals surface area contributed by atoms with Crippen molar-refractivity contribution in [3.05, 3.63) is 48.2 Å². The van der Waals surface area contributed by atoms with Crippen LogP contribution >= 0.6 is 0 Å². The number of hydrogen-bond acceptors (Lipinski definition) is 2. The van der Waals surface area contributed by atoms with Gasteiger partial charge < -0.3 is 12.2 Å². The van der Waals surface area contributed by atoms with E-state index in [0.29, 0.717) is 5.92 Å². The summed E-state index contributed by atoms with van der Waals surface area (Å²) in [6.07, 6.45) is 1.86. The van der Waals surface area contributed by atoms with Crippen LogP contribution in [0.25, 0.3) is 0 Å². The van der Waals surface area contributed by atoms with E-state index in [1.165, 1.54) is 11.1 Å². The van der Waals surface area contributed by atoms with Crippen LogP contribution in [-0.4, -0.2) is 5.97 Å². The number of ether oxygens (including phenoxy) is 1. The molecule has 1 atom stereocenters. The smallest absolute Gasteiger partial charge is 0.480 e. The van der Waals surface area contributed by atoms with Crippen LogP contribution in [0.15, 0.2) is 18.2 Å². The summed E-state index contributed by atoms with van der Waals surface area (Å²) >= 11 is 0. The van der Waals surface area contributed by atoms with Gasteiger partial charge in [0.1, 0.15) is 6.10 Å². The minimum atomic E-state index is -0.222. The third-order valence-electron chi connectivity index (χ3n) is 3.15. The molecule has 2 nitrogen and oxygen atoms in total. The van der Waals surface area contributed by atoms with Gasteiger partial charge in [0.15, 0.2) is 5.97 Å². The average molecular weight is 301 g/mol. The minimum absolute atomic E-state index is 0. The zero-order valence-electron chi connectivity index (χ0n) is 14.0. The second-order valence-corrected chi connectivity index (χ2v) is 4.78. The van der Waals surface area contributed by atoms with E-state index in [9.17, 15) is 4.79 Å². The number of carbonyl (C=O) groups excluding carboxylic acids is 1. The predicted molar refractivity (Wildman–Crippen MR) is 80.7 cm³/mol. The van der Waals surface area contributed by atoms with Crippen molar-refractivity contribution in [3.63, 3.8) is 0 Å². The Hall–Kier alpha value is 0.196. The van der Waals surface area contributed by atoms with Crippen LogP contribution in [0.2, 0.25) is 0 Å². The van der Waals surface area contributed by atoms with Crippen LogP contribution in [0, 0.1) is 13.3 Å². The molecule has 0 saturated heterocycles. The maximum atomic E-state index is 11.5. The summed E-state index contributed by atoms with van der Waals surface area (Å²) in [5.41, 5.74) is 3.78. The van der Waals surface area contributed by atoms with E-state index in [-0.39, 0.29) is 70.9 Å². The summed E-state index contributed by atoms with van der Waals surface area (Å²) in [5, 5.41) is 0. The maximum absolute atomic E-state index is 11.5. The molecule has 0 N–H and O–H groups in total. The van der Waals surface area contributed by atoms with Crippen LogP contribution in [0.1, 0.15) is 57.4 Å². The molecule has 1 aromatic rings. The number of aryl methyl sites for hydroxylation is 2. The Labute approximate surface area is 167 Å². The van der Waals surface area contributed by atoms with Crippen molar-refractivity contribution in [2.24, 2.45) is 0 Å². The van der Waals surface area contributed by atoms with Gasteiger partial charge in [-0.05, 0) is 36.5 Å². The number of rotatable bonds is 5. The van der Waals surface area contributed by atoms with E-state index in [1.807, 2.05) is 6.92 Å². The number of esters is 1. The molecule has 1 aromatic carbocycles. The Morgan fingerprint density at radius 2 is 1.75 bits per heavy atom. The molecule has 108 valence electrons. The topological polar surface area (TPSA) is 26.3 Å². The summed E-state index contributed by atoms with van der Waals surface area (Å²) < 4.78 is 5.39. The second kappa shape index (κ2) is 10.9. The Kier molecular flexibility index (Phi) is 12.2. The fourth-order valence-corrected chi connectivity index (χ4v) is 1.92. The Bertz CT molecular complexity index is 413. The van der Waals surface area contributed by atoms with E-state index in [2.05, 4.69) is 32.0 Å². The first-order chi connectivity index (χ1) is 8.49. The van der Waals surface area contributed by atoms with Crippen LogP contribution in [0.4, 0.5) is 0 Å². The third kappa shape index (κ3) is 6.31. The van der Waals surface area contributed by atoms with Gasteiger partial charge in [0.25, 0.3) is 0 Å². The molecule has 0 spiro atoms. The third-order valence-corrected chi connectivity index (χ3v) is 3.15. The zero-order chi connectivity index (χ0) is 13.7. The molecule has 0 heterocycles. The van der Waals surface area contributed by atoms with Crippen molar-refractivity contribution >= 4 is 5.97 Å². The van der Waals surface area contributed by atoms with Gasteiger partial charge in [-0.3, -0.25) is 10.7 Å². The first-order valence-corrected chi connectivity index (χ1v) is 6.62. The number of carbonyl (C=O) groups is 1. The molecule has 0 aliphatic rings. The van der Waals surface area contributed by atoms with Crippen LogP contribution in [-0.2, 0) is 22.4 Å². The summed E-state index contributed by atoms with van der Waals surface area (Å²) in [4.78, 5) is 11.5. The largest absolute Gasteiger partial charge is 1.00 e. The summed E-state index contributed by atoms with van der Waals surface area (Å²) in [6.45, 7) is 9.77. The van der Waals surface area contributed by atoms with Gasteiger partial charge in [-0.2, -0.15) is 13.8 Å². The molecule has 0 fully saturated rings. The molecule has 0 bridgehead atoms. The van der Waals surface area contributed by atoms with Gasteiger partial charge in [-0.15, -0.1) is 0 Å². The molecule has 0 aromatic heterocycles. The summed E-state index contributed by atoms with van der Waals surface area (Å²) in [7, 11) is 0. The molecule has 1 rings (SSSR count). The SMILES string of the molecule is CCc1ccc(C(C)OC(=O)[C-](C)C)cc1CC.[CH3-].[K+]. The molecule has 20 heavy (non-hydrogen) atoms. The van der Waals surface area contributed by atoms with Gasteiger partial charge in [0, 0.05) is 0 Å². The van der Waals surface area contributed by atoms with E-state index in [0.717, 1.165) is 18.4 Å². The normalized spacial score (nSPS) is 10.8. The predicted octanol–water partition coefficient (Wildman–Crippen LogP) is 1.48. The van der Waals surface area contributed by atoms with Gasteiger partial charge in [-0.25, -0.2) is 0 Å². The summed E-state index contributed by atoms with van der Waals surface area (Å²) in [6, 6.07) is 6.35. The summed E-state index contributed by atoms with van der Waals surface area (Å²) in [5.74, 6) is 0.461. The molecular formula is C17H26KO2-. The molecule has 0 radical (unpaired) electrons. The Morgan fingerprint density at radius 1 is 1.20 bits per heavy atom. The Morgan fingerprint density at radius 3 is 2.20 bits per heavy atom. The molecule has 0 amide bonds. The van der Waals surface area contributed by atoms with E-state index in [4.69, 9.17) is 4.74 Å². The Balaban J connectivity index is 0.